The SMILES string of the molecule is CC[C@@H](C)NC(=O)[C@@H](C)N(Cc1ccc(F)cc1)C(=O)CN(c1ccc(Cl)cc1)S(C)(=O)=O. The quantitative estimate of drug-likeness (QED) is 0.543. The lowest BCUT2D eigenvalue weighted by Crippen LogP contribution is -2.52. The Morgan fingerprint density at radius 2 is 1.64 bits per heavy atom. The number of hydrogen-bond donors (Lipinski definition) is 1. The van der Waals surface area contributed by atoms with E-state index in [4.69, 9.17) is 11.6 Å². The van der Waals surface area contributed by atoms with Crippen LogP contribution >= 0.6 is 11.6 Å². The maximum absolute atomic E-state index is 13.4. The molecular formula is C23H29ClFN3O4S. The van der Waals surface area contributed by atoms with E-state index in [1.807, 2.05) is 13.8 Å². The van der Waals surface area contributed by atoms with Gasteiger partial charge in [-0.1, -0.05) is 30.7 Å². The number of nitrogens with zero attached hydrogens (tertiary/aromatic N) is 2. The van der Waals surface area contributed by atoms with Gasteiger partial charge < -0.3 is 10.2 Å². The molecule has 0 aliphatic heterocycles. The molecule has 33 heavy (non-hydrogen) atoms. The van der Waals surface area contributed by atoms with E-state index in [-0.39, 0.29) is 24.2 Å². The van der Waals surface area contributed by atoms with Crippen molar-refractivity contribution in [3.05, 3.63) is 64.9 Å². The van der Waals surface area contributed by atoms with Gasteiger partial charge in [-0.15, -0.1) is 0 Å². The third kappa shape index (κ3) is 7.71. The third-order valence-corrected chi connectivity index (χ3v) is 6.62. The van der Waals surface area contributed by atoms with Crippen LogP contribution in [0.25, 0.3) is 0 Å². The van der Waals surface area contributed by atoms with E-state index < -0.39 is 34.3 Å². The smallest absolute Gasteiger partial charge is 0.244 e. The second kappa shape index (κ2) is 11.5. The van der Waals surface area contributed by atoms with Gasteiger partial charge in [0.05, 0.1) is 11.9 Å². The van der Waals surface area contributed by atoms with E-state index in [0.717, 1.165) is 10.6 Å². The summed E-state index contributed by atoms with van der Waals surface area (Å²) < 4.78 is 39.2. The van der Waals surface area contributed by atoms with Gasteiger partial charge in [-0.3, -0.25) is 13.9 Å². The molecule has 1 N–H and O–H groups in total. The van der Waals surface area contributed by atoms with Crippen molar-refractivity contribution in [1.29, 1.82) is 0 Å². The van der Waals surface area contributed by atoms with Crippen LogP contribution in [0.1, 0.15) is 32.8 Å². The predicted molar refractivity (Wildman–Crippen MR) is 128 cm³/mol. The molecule has 0 spiro atoms. The van der Waals surface area contributed by atoms with Crippen LogP contribution in [0.4, 0.5) is 10.1 Å². The van der Waals surface area contributed by atoms with Crippen molar-refractivity contribution in [3.63, 3.8) is 0 Å². The molecule has 2 atom stereocenters. The Kier molecular flexibility index (Phi) is 9.25. The van der Waals surface area contributed by atoms with Crippen molar-refractivity contribution in [3.8, 4) is 0 Å². The van der Waals surface area contributed by atoms with Crippen molar-refractivity contribution in [2.45, 2.75) is 45.8 Å². The molecular weight excluding hydrogens is 469 g/mol. The topological polar surface area (TPSA) is 86.8 Å². The molecule has 180 valence electrons. The highest BCUT2D eigenvalue weighted by Crippen LogP contribution is 2.21. The van der Waals surface area contributed by atoms with Crippen LogP contribution in [0.5, 0.6) is 0 Å². The molecule has 7 nitrogen and oxygen atoms in total. The fourth-order valence-electron chi connectivity index (χ4n) is 3.06. The van der Waals surface area contributed by atoms with Gasteiger partial charge in [-0.25, -0.2) is 12.8 Å². The lowest BCUT2D eigenvalue weighted by atomic mass is 10.1. The highest BCUT2D eigenvalue weighted by Gasteiger charge is 2.30. The number of benzene rings is 2. The Hall–Kier alpha value is -2.65. The molecule has 0 saturated heterocycles. The lowest BCUT2D eigenvalue weighted by Gasteiger charge is -2.32. The highest BCUT2D eigenvalue weighted by molar-refractivity contribution is 7.92. The molecule has 0 aliphatic carbocycles. The Labute approximate surface area is 199 Å². The zero-order valence-corrected chi connectivity index (χ0v) is 20.7. The van der Waals surface area contributed by atoms with Crippen LogP contribution in [0.3, 0.4) is 0 Å². The molecule has 2 aromatic carbocycles. The number of carbonyl (C=O) groups is 2. The fraction of sp³-hybridized carbons (Fsp3) is 0.391. The summed E-state index contributed by atoms with van der Waals surface area (Å²) in [6.45, 7) is 4.84. The zero-order valence-electron chi connectivity index (χ0n) is 19.1. The second-order valence-electron chi connectivity index (χ2n) is 7.89. The van der Waals surface area contributed by atoms with E-state index in [2.05, 4.69) is 5.32 Å². The van der Waals surface area contributed by atoms with Crippen molar-refractivity contribution < 1.29 is 22.4 Å². The van der Waals surface area contributed by atoms with Crippen molar-refractivity contribution in [1.82, 2.24) is 10.2 Å². The molecule has 0 fully saturated rings. The minimum absolute atomic E-state index is 0.00637. The summed E-state index contributed by atoms with van der Waals surface area (Å²) in [4.78, 5) is 27.4. The number of halogens is 2. The van der Waals surface area contributed by atoms with Crippen LogP contribution in [0, 0.1) is 5.82 Å². The van der Waals surface area contributed by atoms with Crippen molar-refractivity contribution >= 4 is 39.1 Å². The van der Waals surface area contributed by atoms with Gasteiger partial charge in [0.25, 0.3) is 0 Å². The molecule has 0 unspecified atom stereocenters. The number of amides is 2. The number of anilines is 1. The summed E-state index contributed by atoms with van der Waals surface area (Å²) >= 11 is 5.90. The first kappa shape index (κ1) is 26.6. The highest BCUT2D eigenvalue weighted by atomic mass is 35.5. The maximum Gasteiger partial charge on any atom is 0.244 e. The van der Waals surface area contributed by atoms with E-state index in [1.165, 1.54) is 53.4 Å². The van der Waals surface area contributed by atoms with Gasteiger partial charge in [-0.05, 0) is 62.2 Å². The molecule has 0 aromatic heterocycles. The molecule has 0 saturated carbocycles. The largest absolute Gasteiger partial charge is 0.352 e. The number of nitrogens with one attached hydrogen (secondary N) is 1. The van der Waals surface area contributed by atoms with Gasteiger partial charge >= 0.3 is 0 Å². The summed E-state index contributed by atoms with van der Waals surface area (Å²) in [5.74, 6) is -1.37. The second-order valence-corrected chi connectivity index (χ2v) is 10.2. The Balaban J connectivity index is 2.36. The lowest BCUT2D eigenvalue weighted by molar-refractivity contribution is -0.139. The third-order valence-electron chi connectivity index (χ3n) is 5.23. The summed E-state index contributed by atoms with van der Waals surface area (Å²) in [6, 6.07) is 10.6. The van der Waals surface area contributed by atoms with E-state index >= 15 is 0 Å². The Bertz CT molecular complexity index is 1060. The van der Waals surface area contributed by atoms with Crippen LogP contribution in [-0.2, 0) is 26.2 Å². The number of sulfonamides is 1. The average molecular weight is 498 g/mol. The number of hydrogen-bond acceptors (Lipinski definition) is 4. The molecule has 2 rings (SSSR count). The minimum Gasteiger partial charge on any atom is -0.352 e. The normalized spacial score (nSPS) is 13.2. The van der Waals surface area contributed by atoms with Crippen molar-refractivity contribution in [2.75, 3.05) is 17.1 Å². The first-order valence-corrected chi connectivity index (χ1v) is 12.7. The van der Waals surface area contributed by atoms with Crippen LogP contribution < -0.4 is 9.62 Å². The van der Waals surface area contributed by atoms with E-state index in [1.54, 1.807) is 6.92 Å². The minimum atomic E-state index is -3.81. The number of rotatable bonds is 10. The van der Waals surface area contributed by atoms with Gasteiger partial charge in [0, 0.05) is 17.6 Å². The van der Waals surface area contributed by atoms with E-state index in [9.17, 15) is 22.4 Å². The molecule has 2 aromatic rings. The van der Waals surface area contributed by atoms with Gasteiger partial charge in [0.15, 0.2) is 0 Å². The summed E-state index contributed by atoms with van der Waals surface area (Å²) in [5, 5.41) is 3.26. The zero-order chi connectivity index (χ0) is 24.8. The van der Waals surface area contributed by atoms with Crippen molar-refractivity contribution in [2.24, 2.45) is 0 Å². The summed E-state index contributed by atoms with van der Waals surface area (Å²) in [7, 11) is -3.81. The molecule has 0 radical (unpaired) electrons. The maximum atomic E-state index is 13.4. The average Bonchev–Trinajstić information content (AvgIpc) is 2.76. The van der Waals surface area contributed by atoms with Crippen LogP contribution in [0.2, 0.25) is 5.02 Å². The predicted octanol–water partition coefficient (Wildman–Crippen LogP) is 3.58. The molecule has 0 bridgehead atoms. The van der Waals surface area contributed by atoms with Crippen LogP contribution in [-0.4, -0.2) is 50.0 Å². The monoisotopic (exact) mass is 497 g/mol. The number of carbonyl (C=O) groups excluding carboxylic acids is 2. The van der Waals surface area contributed by atoms with E-state index in [0.29, 0.717) is 17.0 Å². The van der Waals surface area contributed by atoms with Gasteiger partial charge in [-0.2, -0.15) is 0 Å². The molecule has 2 amide bonds. The fourth-order valence-corrected chi connectivity index (χ4v) is 4.03. The van der Waals surface area contributed by atoms with Crippen LogP contribution in [0.15, 0.2) is 48.5 Å². The summed E-state index contributed by atoms with van der Waals surface area (Å²) in [6.07, 6.45) is 1.71. The first-order valence-electron chi connectivity index (χ1n) is 10.5. The standard InChI is InChI=1S/C23H29ClFN3O4S/c1-5-16(2)26-23(30)17(3)27(14-18-6-10-20(25)11-7-18)22(29)15-28(33(4,31)32)21-12-8-19(24)9-13-21/h6-13,16-17H,5,14-15H2,1-4H3,(H,26,30)/t16-,17-/m1/s1. The van der Waals surface area contributed by atoms with Gasteiger partial charge in [0.1, 0.15) is 18.4 Å². The first-order chi connectivity index (χ1) is 15.4. The molecule has 10 heteroatoms. The summed E-state index contributed by atoms with van der Waals surface area (Å²) in [5.41, 5.74) is 0.874. The molecule has 0 aliphatic rings. The molecule has 0 heterocycles. The van der Waals surface area contributed by atoms with Gasteiger partial charge in [0.2, 0.25) is 21.8 Å². The Morgan fingerprint density at radius 3 is 2.15 bits per heavy atom. The Morgan fingerprint density at radius 1 is 1.06 bits per heavy atom.